The Balaban J connectivity index is 1.43. The molecule has 3 aromatic heterocycles. The average Bonchev–Trinajstić information content (AvgIpc) is 3.34. The zero-order chi connectivity index (χ0) is 17.2. The van der Waals surface area contributed by atoms with Crippen LogP contribution < -0.4 is 0 Å². The second-order valence-corrected chi connectivity index (χ2v) is 6.20. The highest BCUT2D eigenvalue weighted by molar-refractivity contribution is 5.77. The highest BCUT2D eigenvalue weighted by Crippen LogP contribution is 2.26. The van der Waals surface area contributed by atoms with Gasteiger partial charge < -0.3 is 4.90 Å². The van der Waals surface area contributed by atoms with Crippen LogP contribution in [0.1, 0.15) is 28.9 Å². The largest absolute Gasteiger partial charge is 0.332 e. The predicted molar refractivity (Wildman–Crippen MR) is 89.1 cm³/mol. The van der Waals surface area contributed by atoms with E-state index in [1.54, 1.807) is 18.6 Å². The number of fused-ring (bicyclic) bond motifs is 1. The van der Waals surface area contributed by atoms with E-state index in [1.807, 2.05) is 33.6 Å². The molecule has 0 bridgehead atoms. The molecule has 0 atom stereocenters. The maximum absolute atomic E-state index is 12.6. The SMILES string of the molecule is Cn1nc(Cn2cccn2)c2c1CN(C(=O)CCc1cncnc1)C2. The lowest BCUT2D eigenvalue weighted by Crippen LogP contribution is -2.26. The molecule has 1 aliphatic heterocycles. The highest BCUT2D eigenvalue weighted by Gasteiger charge is 2.29. The predicted octanol–water partition coefficient (Wildman–Crippen LogP) is 0.930. The van der Waals surface area contributed by atoms with Crippen LogP contribution in [0.25, 0.3) is 0 Å². The van der Waals surface area contributed by atoms with Gasteiger partial charge in [-0.15, -0.1) is 0 Å². The summed E-state index contributed by atoms with van der Waals surface area (Å²) in [5.74, 6) is 0.144. The van der Waals surface area contributed by atoms with Gasteiger partial charge in [-0.3, -0.25) is 14.2 Å². The van der Waals surface area contributed by atoms with Crippen molar-refractivity contribution in [3.8, 4) is 0 Å². The number of carbonyl (C=O) groups excluding carboxylic acids is 1. The molecule has 1 amide bonds. The first kappa shape index (κ1) is 15.5. The molecule has 0 radical (unpaired) electrons. The molecule has 8 nitrogen and oxygen atoms in total. The van der Waals surface area contributed by atoms with E-state index in [2.05, 4.69) is 20.2 Å². The zero-order valence-electron chi connectivity index (χ0n) is 14.0. The fraction of sp³-hybridized carbons (Fsp3) is 0.353. The van der Waals surface area contributed by atoms with Crippen molar-refractivity contribution in [2.45, 2.75) is 32.5 Å². The number of hydrogen-bond donors (Lipinski definition) is 0. The van der Waals surface area contributed by atoms with Crippen LogP contribution in [0, 0.1) is 0 Å². The summed E-state index contributed by atoms with van der Waals surface area (Å²) >= 11 is 0. The van der Waals surface area contributed by atoms with Crippen molar-refractivity contribution in [3.05, 3.63) is 59.7 Å². The minimum Gasteiger partial charge on any atom is -0.332 e. The third kappa shape index (κ3) is 3.15. The number of aryl methyl sites for hydroxylation is 2. The van der Waals surface area contributed by atoms with Crippen LogP contribution in [0.2, 0.25) is 0 Å². The van der Waals surface area contributed by atoms with Gasteiger partial charge in [0.1, 0.15) is 6.33 Å². The van der Waals surface area contributed by atoms with Gasteiger partial charge in [0.05, 0.1) is 24.5 Å². The van der Waals surface area contributed by atoms with E-state index in [4.69, 9.17) is 0 Å². The summed E-state index contributed by atoms with van der Waals surface area (Å²) in [5.41, 5.74) is 4.22. The second kappa shape index (κ2) is 6.46. The Kier molecular flexibility index (Phi) is 4.01. The Bertz CT molecular complexity index is 870. The van der Waals surface area contributed by atoms with Crippen LogP contribution in [0.3, 0.4) is 0 Å². The van der Waals surface area contributed by atoms with E-state index < -0.39 is 0 Å². The normalized spacial score (nSPS) is 13.2. The molecule has 0 saturated carbocycles. The summed E-state index contributed by atoms with van der Waals surface area (Å²) in [5, 5.41) is 8.83. The molecule has 0 aromatic carbocycles. The van der Waals surface area contributed by atoms with Crippen LogP contribution in [-0.4, -0.2) is 40.3 Å². The Morgan fingerprint density at radius 1 is 1.24 bits per heavy atom. The standard InChI is InChI=1S/C17H19N7O/c1-22-16-11-23(17(25)4-3-13-7-18-12-19-8-13)9-14(16)15(21-22)10-24-6-2-5-20-24/h2,5-8,12H,3-4,9-11H2,1H3. The fourth-order valence-electron chi connectivity index (χ4n) is 3.19. The van der Waals surface area contributed by atoms with Gasteiger partial charge in [-0.2, -0.15) is 10.2 Å². The van der Waals surface area contributed by atoms with E-state index in [-0.39, 0.29) is 5.91 Å². The molecule has 25 heavy (non-hydrogen) atoms. The van der Waals surface area contributed by atoms with Gasteiger partial charge in [0, 0.05) is 50.4 Å². The third-order valence-corrected chi connectivity index (χ3v) is 4.51. The van der Waals surface area contributed by atoms with Crippen LogP contribution in [0.5, 0.6) is 0 Å². The van der Waals surface area contributed by atoms with Crippen molar-refractivity contribution >= 4 is 5.91 Å². The lowest BCUT2D eigenvalue weighted by molar-refractivity contribution is -0.131. The van der Waals surface area contributed by atoms with Gasteiger partial charge in [-0.1, -0.05) is 0 Å². The lowest BCUT2D eigenvalue weighted by atomic mass is 10.2. The minimum atomic E-state index is 0.144. The van der Waals surface area contributed by atoms with Gasteiger partial charge in [0.2, 0.25) is 5.91 Å². The zero-order valence-corrected chi connectivity index (χ0v) is 14.0. The molecule has 8 heteroatoms. The summed E-state index contributed by atoms with van der Waals surface area (Å²) in [6.45, 7) is 1.85. The first-order chi connectivity index (χ1) is 12.2. The van der Waals surface area contributed by atoms with Crippen molar-refractivity contribution in [2.75, 3.05) is 0 Å². The Morgan fingerprint density at radius 2 is 2.08 bits per heavy atom. The average molecular weight is 337 g/mol. The lowest BCUT2D eigenvalue weighted by Gasteiger charge is -2.16. The number of hydrogen-bond acceptors (Lipinski definition) is 5. The third-order valence-electron chi connectivity index (χ3n) is 4.51. The van der Waals surface area contributed by atoms with Crippen molar-refractivity contribution in [1.29, 1.82) is 0 Å². The Hall–Kier alpha value is -3.03. The monoisotopic (exact) mass is 337 g/mol. The number of aromatic nitrogens is 6. The van der Waals surface area contributed by atoms with E-state index in [0.717, 1.165) is 22.5 Å². The van der Waals surface area contributed by atoms with E-state index >= 15 is 0 Å². The molecule has 3 aromatic rings. The van der Waals surface area contributed by atoms with Crippen molar-refractivity contribution < 1.29 is 4.79 Å². The Morgan fingerprint density at radius 3 is 2.84 bits per heavy atom. The molecule has 128 valence electrons. The van der Waals surface area contributed by atoms with Crippen LogP contribution >= 0.6 is 0 Å². The summed E-state index contributed by atoms with van der Waals surface area (Å²) in [4.78, 5) is 22.4. The smallest absolute Gasteiger partial charge is 0.223 e. The molecule has 4 rings (SSSR count). The summed E-state index contributed by atoms with van der Waals surface area (Å²) in [6, 6.07) is 1.90. The molecule has 0 spiro atoms. The molecular formula is C17H19N7O. The molecule has 4 heterocycles. The van der Waals surface area contributed by atoms with Gasteiger partial charge in [0.25, 0.3) is 0 Å². The maximum atomic E-state index is 12.6. The first-order valence-corrected chi connectivity index (χ1v) is 8.23. The number of carbonyl (C=O) groups is 1. The summed E-state index contributed by atoms with van der Waals surface area (Å²) in [6.07, 6.45) is 9.80. The van der Waals surface area contributed by atoms with Gasteiger partial charge in [-0.05, 0) is 18.1 Å². The van der Waals surface area contributed by atoms with Gasteiger partial charge in [-0.25, -0.2) is 9.97 Å². The van der Waals surface area contributed by atoms with Gasteiger partial charge in [0.15, 0.2) is 0 Å². The fourth-order valence-corrected chi connectivity index (χ4v) is 3.19. The van der Waals surface area contributed by atoms with Crippen molar-refractivity contribution in [2.24, 2.45) is 7.05 Å². The number of rotatable bonds is 5. The first-order valence-electron chi connectivity index (χ1n) is 8.23. The molecule has 0 unspecified atom stereocenters. The minimum absolute atomic E-state index is 0.144. The van der Waals surface area contributed by atoms with E-state index in [1.165, 1.54) is 6.33 Å². The molecule has 0 saturated heterocycles. The van der Waals surface area contributed by atoms with Crippen LogP contribution in [0.15, 0.2) is 37.2 Å². The maximum Gasteiger partial charge on any atom is 0.223 e. The molecule has 1 aliphatic rings. The molecule has 0 N–H and O–H groups in total. The number of nitrogens with zero attached hydrogens (tertiary/aromatic N) is 7. The van der Waals surface area contributed by atoms with Crippen molar-refractivity contribution in [3.63, 3.8) is 0 Å². The summed E-state index contributed by atoms with van der Waals surface area (Å²) < 4.78 is 3.73. The van der Waals surface area contributed by atoms with Crippen molar-refractivity contribution in [1.82, 2.24) is 34.4 Å². The van der Waals surface area contributed by atoms with Crippen LogP contribution in [0.4, 0.5) is 0 Å². The topological polar surface area (TPSA) is 81.7 Å². The molecule has 0 fully saturated rings. The molecule has 0 aliphatic carbocycles. The van der Waals surface area contributed by atoms with Gasteiger partial charge >= 0.3 is 0 Å². The van der Waals surface area contributed by atoms with E-state index in [9.17, 15) is 4.79 Å². The van der Waals surface area contributed by atoms with Crippen LogP contribution in [-0.2, 0) is 37.9 Å². The second-order valence-electron chi connectivity index (χ2n) is 6.20. The molecular weight excluding hydrogens is 318 g/mol. The quantitative estimate of drug-likeness (QED) is 0.692. The highest BCUT2D eigenvalue weighted by atomic mass is 16.2. The Labute approximate surface area is 145 Å². The number of amides is 1. The summed E-state index contributed by atoms with van der Waals surface area (Å²) in [7, 11) is 1.93. The van der Waals surface area contributed by atoms with E-state index in [0.29, 0.717) is 32.5 Å².